The number of alkyl halides is 1. The van der Waals surface area contributed by atoms with Crippen molar-refractivity contribution in [2.45, 2.75) is 170 Å². The summed E-state index contributed by atoms with van der Waals surface area (Å²) in [6.45, 7) is 3.93. The van der Waals surface area contributed by atoms with Gasteiger partial charge in [0.1, 0.15) is 22.3 Å². The molecule has 2 aromatic carbocycles. The number of rotatable bonds is 24. The van der Waals surface area contributed by atoms with Gasteiger partial charge in [-0.25, -0.2) is 27.2 Å². The number of piperidine rings is 2. The SMILES string of the molecule is CNC[C@H](CC1(F)CCCCC1)NC(=O)N1CCCC([C@@](O)(CCCCOC)c2cccc(Cl)c2F)C1.CNC[C@H](CC1CCCCC1)NC(=O)N1CCC[C@@H]([C@](O)(CCCCOC)c2ccc(F)c(Cl)c2F)C1. The van der Waals surface area contributed by atoms with Crippen molar-refractivity contribution >= 4 is 35.3 Å². The first-order chi connectivity index (χ1) is 35.5. The Hall–Kier alpha value is -2.96. The number of carbonyl (C=O) groups is 2. The van der Waals surface area contributed by atoms with E-state index in [0.29, 0.717) is 110 Å². The predicted octanol–water partition coefficient (Wildman–Crippen LogP) is 11.2. The Kier molecular flexibility index (Phi) is 25.8. The highest BCUT2D eigenvalue weighted by Crippen LogP contribution is 2.44. The second kappa shape index (κ2) is 30.8. The average molecular weight is 1090 g/mol. The Morgan fingerprint density at radius 1 is 0.703 bits per heavy atom. The van der Waals surface area contributed by atoms with Crippen LogP contribution in [-0.4, -0.2) is 131 Å². The number of benzene rings is 2. The number of methoxy groups -OCH3 is 2. The smallest absolute Gasteiger partial charge is 0.317 e. The van der Waals surface area contributed by atoms with Crippen molar-refractivity contribution in [1.82, 2.24) is 31.1 Å². The van der Waals surface area contributed by atoms with Crippen LogP contribution in [0.1, 0.15) is 152 Å². The highest BCUT2D eigenvalue weighted by Gasteiger charge is 2.45. The maximum absolute atomic E-state index is 15.4. The summed E-state index contributed by atoms with van der Waals surface area (Å²) >= 11 is 12.0. The van der Waals surface area contributed by atoms with Gasteiger partial charge in [-0.1, -0.05) is 92.8 Å². The van der Waals surface area contributed by atoms with E-state index in [1.165, 1.54) is 44.2 Å². The summed E-state index contributed by atoms with van der Waals surface area (Å²) in [5.74, 6) is -2.55. The van der Waals surface area contributed by atoms with Crippen LogP contribution >= 0.6 is 23.2 Å². The molecule has 4 amide bonds. The number of ether oxygens (including phenoxy) is 2. The van der Waals surface area contributed by atoms with Crippen molar-refractivity contribution in [3.8, 4) is 0 Å². The zero-order chi connectivity index (χ0) is 53.7. The van der Waals surface area contributed by atoms with Crippen molar-refractivity contribution in [3.05, 3.63) is 69.0 Å². The van der Waals surface area contributed by atoms with E-state index in [1.54, 1.807) is 43.2 Å². The van der Waals surface area contributed by atoms with Crippen LogP contribution in [0.25, 0.3) is 0 Å². The quantitative estimate of drug-likeness (QED) is 0.0346. The summed E-state index contributed by atoms with van der Waals surface area (Å²) in [6, 6.07) is 6.37. The Bertz CT molecular complexity index is 2020. The third-order valence-corrected chi connectivity index (χ3v) is 16.9. The molecule has 6 N–H and O–H groups in total. The van der Waals surface area contributed by atoms with E-state index in [4.69, 9.17) is 32.7 Å². The van der Waals surface area contributed by atoms with Gasteiger partial charge < -0.3 is 50.8 Å². The number of nitrogens with zero attached hydrogens (tertiary/aromatic N) is 2. The van der Waals surface area contributed by atoms with Crippen LogP contribution in [-0.2, 0) is 20.7 Å². The molecule has 74 heavy (non-hydrogen) atoms. The van der Waals surface area contributed by atoms with Crippen LogP contribution in [0.5, 0.6) is 0 Å². The van der Waals surface area contributed by atoms with Crippen molar-refractivity contribution in [3.63, 3.8) is 0 Å². The number of hydrogen-bond acceptors (Lipinski definition) is 8. The summed E-state index contributed by atoms with van der Waals surface area (Å²) in [5, 5.41) is 35.8. The monoisotopic (exact) mass is 1090 g/mol. The third-order valence-electron chi connectivity index (χ3n) is 16.3. The van der Waals surface area contributed by atoms with E-state index in [9.17, 15) is 24.2 Å². The molecule has 12 nitrogen and oxygen atoms in total. The predicted molar refractivity (Wildman–Crippen MR) is 286 cm³/mol. The molecule has 2 saturated carbocycles. The van der Waals surface area contributed by atoms with Crippen molar-refractivity contribution in [1.29, 1.82) is 0 Å². The highest BCUT2D eigenvalue weighted by atomic mass is 35.5. The molecule has 2 saturated heterocycles. The van der Waals surface area contributed by atoms with Crippen molar-refractivity contribution < 1.29 is 46.8 Å². The maximum atomic E-state index is 15.4. The average Bonchev–Trinajstić information content (AvgIpc) is 3.39. The molecule has 0 radical (unpaired) electrons. The second-order valence-corrected chi connectivity index (χ2v) is 22.5. The number of unbranched alkanes of at least 4 members (excludes halogenated alkanes) is 2. The molecule has 4 fully saturated rings. The van der Waals surface area contributed by atoms with Crippen LogP contribution in [0.2, 0.25) is 10.0 Å². The molecule has 0 spiro atoms. The summed E-state index contributed by atoms with van der Waals surface area (Å²) < 4.78 is 69.9. The van der Waals surface area contributed by atoms with Crippen LogP contribution in [0.15, 0.2) is 30.3 Å². The number of hydrogen-bond donors (Lipinski definition) is 6. The van der Waals surface area contributed by atoms with Crippen molar-refractivity contribution in [2.24, 2.45) is 17.8 Å². The van der Waals surface area contributed by atoms with E-state index in [2.05, 4.69) is 21.3 Å². The van der Waals surface area contributed by atoms with Crippen LogP contribution < -0.4 is 21.3 Å². The summed E-state index contributed by atoms with van der Waals surface area (Å²) in [6.07, 6.45) is 17.3. The standard InChI is InChI=1S/2C28H44ClF2N3O3/c1-32-19-22(18-27(31)13-4-3-5-14-27)33-26(35)34-16-9-10-21(20-34)28(36,15-6-7-17-37-2)23-11-8-12-24(29)25(23)30;1-32-18-22(17-20-9-4-3-5-10-20)33-27(35)34-15-8-11-21(19-34)28(36,14-6-7-16-37-2)23-12-13-24(30)25(29)26(23)31/h8,11-12,21-22,32,36H,3-7,9-10,13-20H2,1-2H3,(H,33,35);12-13,20-22,32,36H,3-11,14-19H2,1-2H3,(H,33,35)/t21?,22-,28-;21-,22+,28-/m01/s1. The van der Waals surface area contributed by atoms with Gasteiger partial charge >= 0.3 is 12.1 Å². The first kappa shape index (κ1) is 61.9. The topological polar surface area (TPSA) is 148 Å². The minimum atomic E-state index is -1.58. The van der Waals surface area contributed by atoms with Gasteiger partial charge in [-0.3, -0.25) is 0 Å². The first-order valence-corrected chi connectivity index (χ1v) is 28.4. The van der Waals surface area contributed by atoms with Gasteiger partial charge in [0.15, 0.2) is 5.82 Å². The zero-order valence-electron chi connectivity index (χ0n) is 44.7. The van der Waals surface area contributed by atoms with Gasteiger partial charge in [-0.05, 0) is 116 Å². The lowest BCUT2D eigenvalue weighted by atomic mass is 9.74. The largest absolute Gasteiger partial charge is 0.385 e. The Morgan fingerprint density at radius 3 is 1.76 bits per heavy atom. The fraction of sp³-hybridized carbons (Fsp3) is 0.750. The lowest BCUT2D eigenvalue weighted by Crippen LogP contribution is -2.54. The molecule has 6 rings (SSSR count). The van der Waals surface area contributed by atoms with Gasteiger partial charge in [0.2, 0.25) is 0 Å². The number of urea groups is 2. The molecule has 2 heterocycles. The van der Waals surface area contributed by atoms with E-state index in [-0.39, 0.29) is 72.1 Å². The number of amides is 4. The van der Waals surface area contributed by atoms with Crippen LogP contribution in [0, 0.1) is 35.2 Å². The van der Waals surface area contributed by atoms with E-state index >= 15 is 13.2 Å². The minimum Gasteiger partial charge on any atom is -0.385 e. The molecule has 0 aromatic heterocycles. The summed E-state index contributed by atoms with van der Waals surface area (Å²) in [5.41, 5.74) is -4.13. The lowest BCUT2D eigenvalue weighted by Gasteiger charge is -2.43. The molecular formula is C56H88Cl2F4N6O6. The third kappa shape index (κ3) is 17.5. The lowest BCUT2D eigenvalue weighted by molar-refractivity contribution is -0.0592. The number of likely N-dealkylation sites (tertiary alicyclic amines) is 2. The second-order valence-electron chi connectivity index (χ2n) is 21.7. The van der Waals surface area contributed by atoms with Crippen molar-refractivity contribution in [2.75, 3.05) is 80.8 Å². The van der Waals surface area contributed by atoms with Gasteiger partial charge in [-0.2, -0.15) is 0 Å². The Labute approximate surface area is 449 Å². The molecule has 2 aromatic rings. The normalized spacial score (nSPS) is 21.9. The van der Waals surface area contributed by atoms with E-state index < -0.39 is 45.3 Å². The van der Waals surface area contributed by atoms with Crippen LogP contribution in [0.3, 0.4) is 0 Å². The molecule has 6 atom stereocenters. The summed E-state index contributed by atoms with van der Waals surface area (Å²) in [4.78, 5) is 30.1. The fourth-order valence-corrected chi connectivity index (χ4v) is 12.6. The molecule has 0 bridgehead atoms. The number of carbonyl (C=O) groups excluding carboxylic acids is 2. The molecule has 2 aliphatic carbocycles. The van der Waals surface area contributed by atoms with Gasteiger partial charge in [0.25, 0.3) is 0 Å². The summed E-state index contributed by atoms with van der Waals surface area (Å²) in [7, 11) is 6.92. The van der Waals surface area contributed by atoms with Gasteiger partial charge in [0.05, 0.1) is 16.2 Å². The van der Waals surface area contributed by atoms with Gasteiger partial charge in [-0.15, -0.1) is 0 Å². The maximum Gasteiger partial charge on any atom is 0.317 e. The van der Waals surface area contributed by atoms with E-state index in [1.807, 2.05) is 7.05 Å². The molecule has 4 aliphatic rings. The Balaban J connectivity index is 0.000000274. The van der Waals surface area contributed by atoms with E-state index in [0.717, 1.165) is 38.2 Å². The first-order valence-electron chi connectivity index (χ1n) is 27.6. The molecule has 18 heteroatoms. The molecular weight excluding hydrogens is 1000 g/mol. The van der Waals surface area contributed by atoms with Gasteiger partial charge in [0, 0.05) is 108 Å². The Morgan fingerprint density at radius 2 is 1.22 bits per heavy atom. The number of halogens is 6. The zero-order valence-corrected chi connectivity index (χ0v) is 46.2. The number of nitrogens with one attached hydrogen (secondary N) is 4. The highest BCUT2D eigenvalue weighted by molar-refractivity contribution is 6.31. The minimum absolute atomic E-state index is 0.00562. The molecule has 1 unspecified atom stereocenters. The molecule has 2 aliphatic heterocycles. The number of likely N-dealkylation sites (N-methyl/N-ethyl adjacent to an activating group) is 2. The number of aliphatic hydroxyl groups is 2. The molecule has 420 valence electrons. The van der Waals surface area contributed by atoms with Crippen LogP contribution in [0.4, 0.5) is 27.2 Å². The fourth-order valence-electron chi connectivity index (χ4n) is 12.2.